The van der Waals surface area contributed by atoms with Gasteiger partial charge in [-0.1, -0.05) is 6.92 Å². The van der Waals surface area contributed by atoms with Gasteiger partial charge in [0.1, 0.15) is 5.75 Å². The number of carbonyl (C=O) groups excluding carboxylic acids is 1. The van der Waals surface area contributed by atoms with Crippen molar-refractivity contribution in [1.82, 2.24) is 5.43 Å². The number of nitrogens with one attached hydrogen (secondary N) is 2. The molecule has 0 bridgehead atoms. The first kappa shape index (κ1) is 16.3. The zero-order valence-electron chi connectivity index (χ0n) is 13.4. The van der Waals surface area contributed by atoms with Crippen molar-refractivity contribution in [2.24, 2.45) is 11.0 Å². The van der Waals surface area contributed by atoms with E-state index >= 15 is 0 Å². The minimum Gasteiger partial charge on any atom is -0.494 e. The Labute approximate surface area is 132 Å². The molecule has 1 aromatic rings. The third kappa shape index (κ3) is 4.76. The maximum atomic E-state index is 11.8. The monoisotopic (exact) mass is 303 g/mol. The van der Waals surface area contributed by atoms with Gasteiger partial charge in [0.05, 0.1) is 13.2 Å². The van der Waals surface area contributed by atoms with E-state index in [-0.39, 0.29) is 12.5 Å². The Morgan fingerprint density at radius 2 is 2.09 bits per heavy atom. The van der Waals surface area contributed by atoms with Gasteiger partial charge in [-0.05, 0) is 62.8 Å². The van der Waals surface area contributed by atoms with E-state index in [0.29, 0.717) is 12.5 Å². The SMILES string of the molecule is CCOc1ccc(NCC(=O)NN=C2CCCC2CC)cc1. The molecule has 0 spiro atoms. The van der Waals surface area contributed by atoms with Crippen LogP contribution in [0.2, 0.25) is 0 Å². The number of nitrogens with zero attached hydrogens (tertiary/aromatic N) is 1. The molecule has 120 valence electrons. The molecular weight excluding hydrogens is 278 g/mol. The summed E-state index contributed by atoms with van der Waals surface area (Å²) in [5.74, 6) is 1.25. The van der Waals surface area contributed by atoms with E-state index in [1.807, 2.05) is 31.2 Å². The van der Waals surface area contributed by atoms with Crippen LogP contribution in [0.1, 0.15) is 39.5 Å². The van der Waals surface area contributed by atoms with Crippen molar-refractivity contribution in [1.29, 1.82) is 0 Å². The molecule has 1 unspecified atom stereocenters. The topological polar surface area (TPSA) is 62.7 Å². The van der Waals surface area contributed by atoms with Gasteiger partial charge in [0.2, 0.25) is 0 Å². The molecule has 0 saturated heterocycles. The van der Waals surface area contributed by atoms with Crippen molar-refractivity contribution in [2.45, 2.75) is 39.5 Å². The van der Waals surface area contributed by atoms with Crippen molar-refractivity contribution in [3.63, 3.8) is 0 Å². The highest BCUT2D eigenvalue weighted by molar-refractivity contribution is 5.90. The summed E-state index contributed by atoms with van der Waals surface area (Å²) in [6, 6.07) is 7.56. The summed E-state index contributed by atoms with van der Waals surface area (Å²) in [5.41, 5.74) is 4.68. The standard InChI is InChI=1S/C17H25N3O2/c1-3-13-6-5-7-16(13)19-20-17(21)12-18-14-8-10-15(11-9-14)22-4-2/h8-11,13,18H,3-7,12H2,1-2H3,(H,20,21). The van der Waals surface area contributed by atoms with E-state index in [4.69, 9.17) is 4.74 Å². The van der Waals surface area contributed by atoms with Crippen LogP contribution in [0.4, 0.5) is 5.69 Å². The lowest BCUT2D eigenvalue weighted by atomic mass is 10.0. The van der Waals surface area contributed by atoms with Gasteiger partial charge in [-0.15, -0.1) is 0 Å². The van der Waals surface area contributed by atoms with E-state index in [1.165, 1.54) is 12.8 Å². The highest BCUT2D eigenvalue weighted by Crippen LogP contribution is 2.24. The first-order valence-corrected chi connectivity index (χ1v) is 8.05. The van der Waals surface area contributed by atoms with Crippen molar-refractivity contribution in [2.75, 3.05) is 18.5 Å². The molecule has 0 heterocycles. The normalized spacial score (nSPS) is 19.2. The molecule has 2 rings (SSSR count). The van der Waals surface area contributed by atoms with Gasteiger partial charge >= 0.3 is 0 Å². The van der Waals surface area contributed by atoms with Crippen LogP contribution in [0.3, 0.4) is 0 Å². The summed E-state index contributed by atoms with van der Waals surface area (Å²) in [5, 5.41) is 7.36. The highest BCUT2D eigenvalue weighted by Gasteiger charge is 2.20. The number of hydrogen-bond acceptors (Lipinski definition) is 4. The third-order valence-corrected chi connectivity index (χ3v) is 3.89. The Hall–Kier alpha value is -2.04. The van der Waals surface area contributed by atoms with Crippen LogP contribution in [0.5, 0.6) is 5.75 Å². The lowest BCUT2D eigenvalue weighted by Crippen LogP contribution is -2.27. The highest BCUT2D eigenvalue weighted by atomic mass is 16.5. The third-order valence-electron chi connectivity index (χ3n) is 3.89. The van der Waals surface area contributed by atoms with Crippen LogP contribution in [0.15, 0.2) is 29.4 Å². The van der Waals surface area contributed by atoms with E-state index in [1.54, 1.807) is 0 Å². The van der Waals surface area contributed by atoms with Crippen molar-refractivity contribution in [3.05, 3.63) is 24.3 Å². The summed E-state index contributed by atoms with van der Waals surface area (Å²) in [7, 11) is 0. The number of rotatable bonds is 7. The van der Waals surface area contributed by atoms with Crippen molar-refractivity contribution in [3.8, 4) is 5.75 Å². The number of anilines is 1. The van der Waals surface area contributed by atoms with Crippen LogP contribution in [0.25, 0.3) is 0 Å². The molecular formula is C17H25N3O2. The summed E-state index contributed by atoms with van der Waals surface area (Å²) in [6.45, 7) is 4.97. The van der Waals surface area contributed by atoms with Crippen molar-refractivity contribution < 1.29 is 9.53 Å². The van der Waals surface area contributed by atoms with E-state index < -0.39 is 0 Å². The summed E-state index contributed by atoms with van der Waals surface area (Å²) < 4.78 is 5.38. The molecule has 1 amide bonds. The molecule has 2 N–H and O–H groups in total. The average Bonchev–Trinajstić information content (AvgIpc) is 3.00. The minimum atomic E-state index is -0.122. The van der Waals surface area contributed by atoms with Gasteiger partial charge in [-0.2, -0.15) is 5.10 Å². The van der Waals surface area contributed by atoms with Crippen LogP contribution in [-0.4, -0.2) is 24.8 Å². The molecule has 1 aliphatic rings. The second kappa shape index (κ2) is 8.41. The van der Waals surface area contributed by atoms with Gasteiger partial charge < -0.3 is 10.1 Å². The molecule has 0 radical (unpaired) electrons. The number of ether oxygens (including phenoxy) is 1. The Kier molecular flexibility index (Phi) is 6.25. The molecule has 0 aliphatic heterocycles. The van der Waals surface area contributed by atoms with E-state index in [0.717, 1.165) is 30.0 Å². The molecule has 1 atom stereocenters. The summed E-state index contributed by atoms with van der Waals surface area (Å²) in [4.78, 5) is 11.8. The largest absolute Gasteiger partial charge is 0.494 e. The molecule has 1 saturated carbocycles. The zero-order chi connectivity index (χ0) is 15.8. The molecule has 1 fully saturated rings. The summed E-state index contributed by atoms with van der Waals surface area (Å²) in [6.07, 6.45) is 4.47. The Balaban J connectivity index is 1.76. The minimum absolute atomic E-state index is 0.122. The lowest BCUT2D eigenvalue weighted by Gasteiger charge is -2.09. The molecule has 5 nitrogen and oxygen atoms in total. The maximum Gasteiger partial charge on any atom is 0.259 e. The first-order chi connectivity index (χ1) is 10.7. The molecule has 0 aromatic heterocycles. The number of carbonyl (C=O) groups is 1. The fourth-order valence-electron chi connectivity index (χ4n) is 2.68. The first-order valence-electron chi connectivity index (χ1n) is 8.05. The van der Waals surface area contributed by atoms with Gasteiger partial charge in [-0.25, -0.2) is 5.43 Å². The summed E-state index contributed by atoms with van der Waals surface area (Å²) >= 11 is 0. The van der Waals surface area contributed by atoms with Gasteiger partial charge in [0, 0.05) is 11.4 Å². The molecule has 5 heteroatoms. The predicted octanol–water partition coefficient (Wildman–Crippen LogP) is 3.18. The number of amides is 1. The van der Waals surface area contributed by atoms with Gasteiger partial charge in [0.15, 0.2) is 0 Å². The van der Waals surface area contributed by atoms with Crippen LogP contribution < -0.4 is 15.5 Å². The molecule has 22 heavy (non-hydrogen) atoms. The van der Waals surface area contributed by atoms with Gasteiger partial charge in [-0.3, -0.25) is 4.79 Å². The quantitative estimate of drug-likeness (QED) is 0.760. The van der Waals surface area contributed by atoms with E-state index in [2.05, 4.69) is 22.8 Å². The Bertz CT molecular complexity index is 511. The van der Waals surface area contributed by atoms with Crippen LogP contribution >= 0.6 is 0 Å². The zero-order valence-corrected chi connectivity index (χ0v) is 13.4. The van der Waals surface area contributed by atoms with Crippen LogP contribution in [0, 0.1) is 5.92 Å². The second-order valence-corrected chi connectivity index (χ2v) is 5.45. The predicted molar refractivity (Wildman–Crippen MR) is 89.3 cm³/mol. The number of hydrazone groups is 1. The van der Waals surface area contributed by atoms with E-state index in [9.17, 15) is 4.79 Å². The molecule has 1 aromatic carbocycles. The van der Waals surface area contributed by atoms with Gasteiger partial charge in [0.25, 0.3) is 5.91 Å². The number of benzene rings is 1. The number of hydrogen-bond donors (Lipinski definition) is 2. The fraction of sp³-hybridized carbons (Fsp3) is 0.529. The average molecular weight is 303 g/mol. The smallest absolute Gasteiger partial charge is 0.259 e. The maximum absolute atomic E-state index is 11.8. The lowest BCUT2D eigenvalue weighted by molar-refractivity contribution is -0.119. The fourth-order valence-corrected chi connectivity index (χ4v) is 2.68. The van der Waals surface area contributed by atoms with Crippen LogP contribution in [-0.2, 0) is 4.79 Å². The molecule has 1 aliphatic carbocycles. The second-order valence-electron chi connectivity index (χ2n) is 5.45. The Morgan fingerprint density at radius 3 is 2.77 bits per heavy atom. The Morgan fingerprint density at radius 1 is 1.32 bits per heavy atom. The van der Waals surface area contributed by atoms with Crippen molar-refractivity contribution >= 4 is 17.3 Å².